The fourth-order valence-electron chi connectivity index (χ4n) is 2.61. The molecule has 1 aromatic carbocycles. The summed E-state index contributed by atoms with van der Waals surface area (Å²) in [6.07, 6.45) is 3.92. The molecule has 5 heteroatoms. The van der Waals surface area contributed by atoms with Crippen molar-refractivity contribution in [3.63, 3.8) is 0 Å². The van der Waals surface area contributed by atoms with E-state index < -0.39 is 5.97 Å². The van der Waals surface area contributed by atoms with E-state index in [0.29, 0.717) is 10.9 Å². The van der Waals surface area contributed by atoms with Crippen LogP contribution in [-0.4, -0.2) is 37.4 Å². The summed E-state index contributed by atoms with van der Waals surface area (Å²) in [7, 11) is 1.74. The van der Waals surface area contributed by atoms with Crippen molar-refractivity contribution < 1.29 is 14.6 Å². The van der Waals surface area contributed by atoms with E-state index in [1.165, 1.54) is 6.08 Å². The van der Waals surface area contributed by atoms with Gasteiger partial charge in [-0.15, -0.1) is 0 Å². The first-order valence-electron chi connectivity index (χ1n) is 6.99. The number of ether oxygens (including phenoxy) is 1. The van der Waals surface area contributed by atoms with E-state index in [-0.39, 0.29) is 6.10 Å². The zero-order valence-electron chi connectivity index (χ0n) is 12.3. The highest BCUT2D eigenvalue weighted by molar-refractivity contribution is 6.33. The molecule has 114 valence electrons. The van der Waals surface area contributed by atoms with Crippen molar-refractivity contribution in [3.05, 3.63) is 34.9 Å². The molecule has 21 heavy (non-hydrogen) atoms. The van der Waals surface area contributed by atoms with Crippen molar-refractivity contribution in [2.75, 3.05) is 25.1 Å². The van der Waals surface area contributed by atoms with Crippen LogP contribution < -0.4 is 4.90 Å². The standard InChI is InChI=1S/C16H20ClNO3/c1-11-7-8-18(10-15(11)21-2)14-5-3-12(9-13(14)17)4-6-16(19)20/h3-6,9,11,15H,7-8,10H2,1-2H3,(H,19,20)/b6-4+. The van der Waals surface area contributed by atoms with Gasteiger partial charge in [-0.1, -0.05) is 24.6 Å². The average Bonchev–Trinajstić information content (AvgIpc) is 2.46. The van der Waals surface area contributed by atoms with Gasteiger partial charge in [-0.2, -0.15) is 0 Å². The van der Waals surface area contributed by atoms with Crippen LogP contribution in [0, 0.1) is 5.92 Å². The van der Waals surface area contributed by atoms with Crippen LogP contribution in [0.3, 0.4) is 0 Å². The van der Waals surface area contributed by atoms with E-state index >= 15 is 0 Å². The maximum absolute atomic E-state index is 10.5. The summed E-state index contributed by atoms with van der Waals surface area (Å²) in [6.45, 7) is 3.97. The molecule has 2 unspecified atom stereocenters. The average molecular weight is 310 g/mol. The molecule has 0 aliphatic carbocycles. The van der Waals surface area contributed by atoms with Crippen molar-refractivity contribution in [3.8, 4) is 0 Å². The Morgan fingerprint density at radius 2 is 2.29 bits per heavy atom. The van der Waals surface area contributed by atoms with Crippen molar-refractivity contribution in [1.29, 1.82) is 0 Å². The quantitative estimate of drug-likeness (QED) is 0.867. The van der Waals surface area contributed by atoms with E-state index in [2.05, 4.69) is 11.8 Å². The molecule has 0 saturated carbocycles. The number of nitrogens with zero attached hydrogens (tertiary/aromatic N) is 1. The summed E-state index contributed by atoms with van der Waals surface area (Å²) in [4.78, 5) is 12.8. The number of hydrogen-bond acceptors (Lipinski definition) is 3. The normalized spacial score (nSPS) is 22.7. The minimum Gasteiger partial charge on any atom is -0.478 e. The number of carbonyl (C=O) groups is 1. The van der Waals surface area contributed by atoms with Crippen molar-refractivity contribution in [1.82, 2.24) is 0 Å². The van der Waals surface area contributed by atoms with E-state index in [1.54, 1.807) is 13.2 Å². The van der Waals surface area contributed by atoms with Gasteiger partial charge in [-0.05, 0) is 36.1 Å². The van der Waals surface area contributed by atoms with Crippen LogP contribution in [0.25, 0.3) is 6.08 Å². The molecule has 1 saturated heterocycles. The molecule has 2 atom stereocenters. The number of carboxylic acids is 1. The Morgan fingerprint density at radius 3 is 2.90 bits per heavy atom. The van der Waals surface area contributed by atoms with E-state index in [4.69, 9.17) is 21.4 Å². The smallest absolute Gasteiger partial charge is 0.328 e. The van der Waals surface area contributed by atoms with E-state index in [0.717, 1.165) is 36.8 Å². The van der Waals surface area contributed by atoms with Gasteiger partial charge in [0.05, 0.1) is 16.8 Å². The minimum absolute atomic E-state index is 0.210. The van der Waals surface area contributed by atoms with Gasteiger partial charge in [-0.3, -0.25) is 0 Å². The monoisotopic (exact) mass is 309 g/mol. The number of halogens is 1. The fraction of sp³-hybridized carbons (Fsp3) is 0.438. The van der Waals surface area contributed by atoms with Gasteiger partial charge < -0.3 is 14.7 Å². The molecular weight excluding hydrogens is 290 g/mol. The number of rotatable bonds is 4. The summed E-state index contributed by atoms with van der Waals surface area (Å²) in [5.74, 6) is -0.425. The molecule has 0 amide bonds. The summed E-state index contributed by atoms with van der Waals surface area (Å²) in [6, 6.07) is 5.60. The van der Waals surface area contributed by atoms with Crippen LogP contribution in [0.1, 0.15) is 18.9 Å². The fourth-order valence-corrected chi connectivity index (χ4v) is 2.92. The summed E-state index contributed by atoms with van der Waals surface area (Å²) < 4.78 is 5.52. The Labute approximate surface area is 130 Å². The lowest BCUT2D eigenvalue weighted by Crippen LogP contribution is -2.44. The van der Waals surface area contributed by atoms with Crippen molar-refractivity contribution in [2.45, 2.75) is 19.4 Å². The zero-order chi connectivity index (χ0) is 15.4. The summed E-state index contributed by atoms with van der Waals surface area (Å²) in [5.41, 5.74) is 1.75. The second kappa shape index (κ2) is 6.96. The Hall–Kier alpha value is -1.52. The highest BCUT2D eigenvalue weighted by atomic mass is 35.5. The molecule has 0 bridgehead atoms. The topological polar surface area (TPSA) is 49.8 Å². The molecule has 0 spiro atoms. The molecule has 1 heterocycles. The van der Waals surface area contributed by atoms with Gasteiger partial charge in [0.25, 0.3) is 0 Å². The lowest BCUT2D eigenvalue weighted by atomic mass is 9.95. The number of piperidine rings is 1. The molecule has 4 nitrogen and oxygen atoms in total. The number of carboxylic acid groups (broad SMARTS) is 1. The van der Waals surface area contributed by atoms with Gasteiger partial charge in [0.15, 0.2) is 0 Å². The number of aliphatic carboxylic acids is 1. The third-order valence-corrected chi connectivity index (χ3v) is 4.23. The number of benzene rings is 1. The van der Waals surface area contributed by atoms with Crippen LogP contribution >= 0.6 is 11.6 Å². The molecule has 1 aliphatic heterocycles. The third-order valence-electron chi connectivity index (χ3n) is 3.92. The maximum atomic E-state index is 10.5. The Bertz CT molecular complexity index is 544. The Kier molecular flexibility index (Phi) is 5.26. The number of methoxy groups -OCH3 is 1. The molecule has 1 aromatic rings. The SMILES string of the molecule is COC1CN(c2ccc(/C=C/C(=O)O)cc2Cl)CCC1C. The van der Waals surface area contributed by atoms with Crippen molar-refractivity contribution in [2.24, 2.45) is 5.92 Å². The van der Waals surface area contributed by atoms with Gasteiger partial charge in [0, 0.05) is 26.3 Å². The number of anilines is 1. The molecular formula is C16H20ClNO3. The molecule has 0 aromatic heterocycles. The Morgan fingerprint density at radius 1 is 1.52 bits per heavy atom. The molecule has 2 rings (SSSR count). The predicted octanol–water partition coefficient (Wildman–Crippen LogP) is 3.30. The van der Waals surface area contributed by atoms with Gasteiger partial charge in [0.2, 0.25) is 0 Å². The zero-order valence-corrected chi connectivity index (χ0v) is 13.0. The number of hydrogen-bond donors (Lipinski definition) is 1. The first-order chi connectivity index (χ1) is 10.0. The lowest BCUT2D eigenvalue weighted by molar-refractivity contribution is -0.131. The first-order valence-corrected chi connectivity index (χ1v) is 7.37. The predicted molar refractivity (Wildman–Crippen MR) is 84.9 cm³/mol. The van der Waals surface area contributed by atoms with Crippen molar-refractivity contribution >= 4 is 29.3 Å². The van der Waals surface area contributed by atoms with Gasteiger partial charge in [-0.25, -0.2) is 4.79 Å². The van der Waals surface area contributed by atoms with E-state index in [9.17, 15) is 4.79 Å². The van der Waals surface area contributed by atoms with Crippen LogP contribution in [0.2, 0.25) is 5.02 Å². The van der Waals surface area contributed by atoms with E-state index in [1.807, 2.05) is 12.1 Å². The van der Waals surface area contributed by atoms with Crippen LogP contribution in [0.15, 0.2) is 24.3 Å². The highest BCUT2D eigenvalue weighted by Crippen LogP contribution is 2.31. The minimum atomic E-state index is -0.969. The summed E-state index contributed by atoms with van der Waals surface area (Å²) >= 11 is 6.34. The first kappa shape index (κ1) is 15.9. The molecule has 1 N–H and O–H groups in total. The maximum Gasteiger partial charge on any atom is 0.328 e. The Balaban J connectivity index is 2.15. The molecule has 0 radical (unpaired) electrons. The second-order valence-corrected chi connectivity index (χ2v) is 5.78. The molecule has 1 fully saturated rings. The largest absolute Gasteiger partial charge is 0.478 e. The van der Waals surface area contributed by atoms with Crippen LogP contribution in [0.5, 0.6) is 0 Å². The van der Waals surface area contributed by atoms with Gasteiger partial charge >= 0.3 is 5.97 Å². The van der Waals surface area contributed by atoms with Gasteiger partial charge in [0.1, 0.15) is 0 Å². The third kappa shape index (κ3) is 3.99. The highest BCUT2D eigenvalue weighted by Gasteiger charge is 2.26. The lowest BCUT2D eigenvalue weighted by Gasteiger charge is -2.38. The van der Waals surface area contributed by atoms with Crippen LogP contribution in [-0.2, 0) is 9.53 Å². The summed E-state index contributed by atoms with van der Waals surface area (Å²) in [5, 5.41) is 9.27. The molecule has 1 aliphatic rings. The van der Waals surface area contributed by atoms with Crippen LogP contribution in [0.4, 0.5) is 5.69 Å². The second-order valence-electron chi connectivity index (χ2n) is 5.37.